The first-order valence-corrected chi connectivity index (χ1v) is 8.61. The fourth-order valence-corrected chi connectivity index (χ4v) is 3.16. The SMILES string of the molecule is CN(C)C(=NCc1ccccc1)NCC1(c2ccccn2)CCC1.I. The predicted octanol–water partition coefficient (Wildman–Crippen LogP) is 3.83. The lowest BCUT2D eigenvalue weighted by molar-refractivity contribution is 0.235. The van der Waals surface area contributed by atoms with Gasteiger partial charge in [0.25, 0.3) is 0 Å². The number of pyridine rings is 1. The molecule has 0 unspecified atom stereocenters. The summed E-state index contributed by atoms with van der Waals surface area (Å²) in [4.78, 5) is 11.4. The molecule has 1 heterocycles. The van der Waals surface area contributed by atoms with Gasteiger partial charge in [-0.15, -0.1) is 24.0 Å². The summed E-state index contributed by atoms with van der Waals surface area (Å²) in [5.74, 6) is 0.932. The summed E-state index contributed by atoms with van der Waals surface area (Å²) in [6.07, 6.45) is 5.55. The summed E-state index contributed by atoms with van der Waals surface area (Å²) in [6, 6.07) is 16.6. The molecule has 5 heteroatoms. The molecule has 1 aliphatic rings. The van der Waals surface area contributed by atoms with Gasteiger partial charge < -0.3 is 10.2 Å². The van der Waals surface area contributed by atoms with Crippen LogP contribution in [0.15, 0.2) is 59.7 Å². The second-order valence-electron chi connectivity index (χ2n) is 6.72. The van der Waals surface area contributed by atoms with Crippen LogP contribution in [-0.4, -0.2) is 36.5 Å². The number of nitrogens with one attached hydrogen (secondary N) is 1. The number of hydrogen-bond acceptors (Lipinski definition) is 2. The van der Waals surface area contributed by atoms with Crippen molar-refractivity contribution in [3.8, 4) is 0 Å². The molecule has 1 N–H and O–H groups in total. The van der Waals surface area contributed by atoms with Crippen LogP contribution in [0.5, 0.6) is 0 Å². The first kappa shape index (κ1) is 19.7. The minimum Gasteiger partial charge on any atom is -0.355 e. The second kappa shape index (κ2) is 9.17. The number of guanidine groups is 1. The summed E-state index contributed by atoms with van der Waals surface area (Å²) >= 11 is 0. The van der Waals surface area contributed by atoms with Gasteiger partial charge >= 0.3 is 0 Å². The van der Waals surface area contributed by atoms with Gasteiger partial charge in [0.1, 0.15) is 0 Å². The number of nitrogens with zero attached hydrogens (tertiary/aromatic N) is 3. The Hall–Kier alpha value is -1.63. The van der Waals surface area contributed by atoms with Crippen LogP contribution in [0, 0.1) is 0 Å². The molecule has 2 aromatic rings. The number of aliphatic imine (C=N–C) groups is 1. The summed E-state index contributed by atoms with van der Waals surface area (Å²) in [5, 5.41) is 3.57. The van der Waals surface area contributed by atoms with Gasteiger partial charge in [0, 0.05) is 37.9 Å². The van der Waals surface area contributed by atoms with E-state index in [0.717, 1.165) is 12.5 Å². The van der Waals surface area contributed by atoms with Gasteiger partial charge in [-0.1, -0.05) is 42.8 Å². The third-order valence-electron chi connectivity index (χ3n) is 4.78. The molecule has 3 rings (SSSR count). The fourth-order valence-electron chi connectivity index (χ4n) is 3.16. The van der Waals surface area contributed by atoms with E-state index in [1.165, 1.54) is 30.5 Å². The van der Waals surface area contributed by atoms with E-state index in [1.807, 2.05) is 37.3 Å². The Kier molecular flexibility index (Phi) is 7.23. The first-order valence-electron chi connectivity index (χ1n) is 8.61. The molecule has 0 spiro atoms. The van der Waals surface area contributed by atoms with Gasteiger partial charge in [0.2, 0.25) is 0 Å². The average Bonchev–Trinajstić information content (AvgIpc) is 2.58. The Morgan fingerprint density at radius 3 is 2.40 bits per heavy atom. The van der Waals surface area contributed by atoms with Crippen LogP contribution in [0.4, 0.5) is 0 Å². The summed E-state index contributed by atoms with van der Waals surface area (Å²) < 4.78 is 0. The number of halogens is 1. The van der Waals surface area contributed by atoms with Crippen LogP contribution in [0.2, 0.25) is 0 Å². The van der Waals surface area contributed by atoms with Gasteiger partial charge in [0.05, 0.1) is 6.54 Å². The number of rotatable bonds is 5. The molecule has 134 valence electrons. The van der Waals surface area contributed by atoms with Gasteiger partial charge in [-0.2, -0.15) is 0 Å². The van der Waals surface area contributed by atoms with Crippen molar-refractivity contribution in [3.05, 3.63) is 66.0 Å². The van der Waals surface area contributed by atoms with E-state index >= 15 is 0 Å². The lowest BCUT2D eigenvalue weighted by atomic mass is 9.66. The second-order valence-corrected chi connectivity index (χ2v) is 6.72. The molecular weight excluding hydrogens is 423 g/mol. The van der Waals surface area contributed by atoms with Gasteiger partial charge in [-0.25, -0.2) is 4.99 Å². The first-order chi connectivity index (χ1) is 11.7. The Morgan fingerprint density at radius 1 is 1.12 bits per heavy atom. The molecule has 0 saturated heterocycles. The lowest BCUT2D eigenvalue weighted by Crippen LogP contribution is -2.49. The number of aromatic nitrogens is 1. The molecule has 0 aliphatic heterocycles. The molecular formula is C20H27IN4. The smallest absolute Gasteiger partial charge is 0.193 e. The molecule has 1 aromatic heterocycles. The molecule has 1 aliphatic carbocycles. The zero-order valence-corrected chi connectivity index (χ0v) is 17.3. The highest BCUT2D eigenvalue weighted by Gasteiger charge is 2.39. The predicted molar refractivity (Wildman–Crippen MR) is 114 cm³/mol. The van der Waals surface area contributed by atoms with Crippen molar-refractivity contribution in [3.63, 3.8) is 0 Å². The van der Waals surface area contributed by atoms with Crippen LogP contribution in [0.25, 0.3) is 0 Å². The van der Waals surface area contributed by atoms with E-state index in [-0.39, 0.29) is 29.4 Å². The third kappa shape index (κ3) is 4.93. The fraction of sp³-hybridized carbons (Fsp3) is 0.400. The van der Waals surface area contributed by atoms with Gasteiger partial charge in [0.15, 0.2) is 5.96 Å². The highest BCUT2D eigenvalue weighted by atomic mass is 127. The minimum absolute atomic E-state index is 0. The summed E-state index contributed by atoms with van der Waals surface area (Å²) in [5.41, 5.74) is 2.58. The van der Waals surface area contributed by atoms with E-state index in [1.54, 1.807) is 0 Å². The molecule has 0 bridgehead atoms. The van der Waals surface area contributed by atoms with E-state index < -0.39 is 0 Å². The number of hydrogen-bond donors (Lipinski definition) is 1. The van der Waals surface area contributed by atoms with Crippen molar-refractivity contribution in [1.29, 1.82) is 0 Å². The zero-order valence-electron chi connectivity index (χ0n) is 15.0. The third-order valence-corrected chi connectivity index (χ3v) is 4.78. The van der Waals surface area contributed by atoms with E-state index in [9.17, 15) is 0 Å². The molecule has 0 atom stereocenters. The zero-order chi connectivity index (χ0) is 16.8. The van der Waals surface area contributed by atoms with Crippen molar-refractivity contribution in [2.24, 2.45) is 4.99 Å². The molecule has 1 fully saturated rings. The molecule has 1 saturated carbocycles. The number of benzene rings is 1. The van der Waals surface area contributed by atoms with E-state index in [2.05, 4.69) is 46.7 Å². The Balaban J connectivity index is 0.00000225. The standard InChI is InChI=1S/C20H26N4.HI/c1-24(2)19(22-15-17-9-4-3-5-10-17)23-16-20(12-8-13-20)18-11-6-7-14-21-18;/h3-7,9-11,14H,8,12-13,15-16H2,1-2H3,(H,22,23);1H. The van der Waals surface area contributed by atoms with Gasteiger partial charge in [-0.3, -0.25) is 4.98 Å². The minimum atomic E-state index is 0. The highest BCUT2D eigenvalue weighted by molar-refractivity contribution is 14.0. The Bertz CT molecular complexity index is 667. The van der Waals surface area contributed by atoms with Crippen LogP contribution in [-0.2, 0) is 12.0 Å². The Morgan fingerprint density at radius 2 is 1.84 bits per heavy atom. The lowest BCUT2D eigenvalue weighted by Gasteiger charge is -2.42. The maximum atomic E-state index is 4.76. The quantitative estimate of drug-likeness (QED) is 0.428. The average molecular weight is 450 g/mol. The summed E-state index contributed by atoms with van der Waals surface area (Å²) in [6.45, 7) is 1.58. The van der Waals surface area contributed by atoms with Crippen molar-refractivity contribution in [1.82, 2.24) is 15.2 Å². The van der Waals surface area contributed by atoms with Crippen LogP contribution >= 0.6 is 24.0 Å². The summed E-state index contributed by atoms with van der Waals surface area (Å²) in [7, 11) is 4.07. The van der Waals surface area contributed by atoms with Crippen molar-refractivity contribution in [2.75, 3.05) is 20.6 Å². The maximum Gasteiger partial charge on any atom is 0.193 e. The maximum absolute atomic E-state index is 4.76. The Labute approximate surface area is 167 Å². The normalized spacial score (nSPS) is 15.7. The molecule has 0 amide bonds. The van der Waals surface area contributed by atoms with E-state index in [4.69, 9.17) is 4.99 Å². The highest BCUT2D eigenvalue weighted by Crippen LogP contribution is 2.42. The van der Waals surface area contributed by atoms with Crippen LogP contribution in [0.3, 0.4) is 0 Å². The van der Waals surface area contributed by atoms with Crippen LogP contribution in [0.1, 0.15) is 30.5 Å². The van der Waals surface area contributed by atoms with Gasteiger partial charge in [-0.05, 0) is 30.5 Å². The molecule has 4 nitrogen and oxygen atoms in total. The van der Waals surface area contributed by atoms with E-state index in [0.29, 0.717) is 6.54 Å². The monoisotopic (exact) mass is 450 g/mol. The molecule has 1 aromatic carbocycles. The van der Waals surface area contributed by atoms with Crippen molar-refractivity contribution >= 4 is 29.9 Å². The molecule has 25 heavy (non-hydrogen) atoms. The van der Waals surface area contributed by atoms with Crippen LogP contribution < -0.4 is 5.32 Å². The van der Waals surface area contributed by atoms with Crippen molar-refractivity contribution < 1.29 is 0 Å². The largest absolute Gasteiger partial charge is 0.355 e. The topological polar surface area (TPSA) is 40.5 Å². The molecule has 0 radical (unpaired) electrons. The van der Waals surface area contributed by atoms with Crippen molar-refractivity contribution in [2.45, 2.75) is 31.2 Å².